The zero-order chi connectivity index (χ0) is 22.1. The molecule has 2 atom stereocenters. The van der Waals surface area contributed by atoms with E-state index in [0.717, 1.165) is 30.4 Å². The summed E-state index contributed by atoms with van der Waals surface area (Å²) in [5.41, 5.74) is 0. The lowest BCUT2D eigenvalue weighted by Gasteiger charge is -2.26. The van der Waals surface area contributed by atoms with E-state index in [0.29, 0.717) is 26.2 Å². The first kappa shape index (κ1) is 27.6. The SMILES string of the molecule is CCN(CC1CCN(C(=NC)NCC(C)Oc2cccc(OC)c2)C1)CC(F)(F)F.I. The lowest BCUT2D eigenvalue weighted by atomic mass is 10.1. The largest absolute Gasteiger partial charge is 0.497 e. The third kappa shape index (κ3) is 9.71. The van der Waals surface area contributed by atoms with Crippen molar-refractivity contribution < 1.29 is 22.6 Å². The fourth-order valence-electron chi connectivity index (χ4n) is 3.61. The van der Waals surface area contributed by atoms with Crippen molar-refractivity contribution in [1.82, 2.24) is 15.1 Å². The maximum absolute atomic E-state index is 12.7. The van der Waals surface area contributed by atoms with Gasteiger partial charge in [0.2, 0.25) is 0 Å². The van der Waals surface area contributed by atoms with Crippen LogP contribution in [0.25, 0.3) is 0 Å². The molecule has 1 aliphatic rings. The molecule has 0 bridgehead atoms. The zero-order valence-corrected chi connectivity index (χ0v) is 20.9. The summed E-state index contributed by atoms with van der Waals surface area (Å²) in [5.74, 6) is 2.40. The zero-order valence-electron chi connectivity index (χ0n) is 18.6. The Morgan fingerprint density at radius 2 is 2.06 bits per heavy atom. The minimum atomic E-state index is -4.16. The Hall–Kier alpha value is -1.43. The lowest BCUT2D eigenvalue weighted by Crippen LogP contribution is -2.44. The third-order valence-corrected chi connectivity index (χ3v) is 5.09. The molecular weight excluding hydrogens is 524 g/mol. The number of guanidine groups is 1. The van der Waals surface area contributed by atoms with Gasteiger partial charge in [0, 0.05) is 32.7 Å². The van der Waals surface area contributed by atoms with Gasteiger partial charge in [-0.15, -0.1) is 24.0 Å². The second-order valence-electron chi connectivity index (χ2n) is 7.58. The molecular formula is C21H34F3IN4O2. The van der Waals surface area contributed by atoms with E-state index in [1.807, 2.05) is 31.2 Å². The van der Waals surface area contributed by atoms with Gasteiger partial charge in [0.05, 0.1) is 20.2 Å². The molecule has 6 nitrogen and oxygen atoms in total. The van der Waals surface area contributed by atoms with E-state index in [9.17, 15) is 13.2 Å². The van der Waals surface area contributed by atoms with Crippen molar-refractivity contribution in [3.05, 3.63) is 24.3 Å². The summed E-state index contributed by atoms with van der Waals surface area (Å²) >= 11 is 0. The van der Waals surface area contributed by atoms with Crippen LogP contribution in [-0.4, -0.2) is 81.5 Å². The van der Waals surface area contributed by atoms with Crippen LogP contribution in [0.1, 0.15) is 20.3 Å². The first-order valence-corrected chi connectivity index (χ1v) is 10.3. The van der Waals surface area contributed by atoms with Crippen molar-refractivity contribution in [2.45, 2.75) is 32.5 Å². The van der Waals surface area contributed by atoms with E-state index in [1.165, 1.54) is 4.90 Å². The van der Waals surface area contributed by atoms with Gasteiger partial charge in [0.25, 0.3) is 0 Å². The number of benzene rings is 1. The number of nitrogens with one attached hydrogen (secondary N) is 1. The van der Waals surface area contributed by atoms with E-state index >= 15 is 0 Å². The molecule has 0 radical (unpaired) electrons. The van der Waals surface area contributed by atoms with Gasteiger partial charge in [-0.1, -0.05) is 13.0 Å². The minimum absolute atomic E-state index is 0. The number of ether oxygens (including phenoxy) is 2. The van der Waals surface area contributed by atoms with Crippen LogP contribution < -0.4 is 14.8 Å². The molecule has 0 spiro atoms. The highest BCUT2D eigenvalue weighted by Crippen LogP contribution is 2.22. The summed E-state index contributed by atoms with van der Waals surface area (Å²) in [4.78, 5) is 7.90. The molecule has 1 aliphatic heterocycles. The number of alkyl halides is 3. The third-order valence-electron chi connectivity index (χ3n) is 5.09. The molecule has 1 N–H and O–H groups in total. The summed E-state index contributed by atoms with van der Waals surface area (Å²) in [7, 11) is 3.32. The van der Waals surface area contributed by atoms with Gasteiger partial charge in [0.1, 0.15) is 17.6 Å². The summed E-state index contributed by atoms with van der Waals surface area (Å²) in [6, 6.07) is 7.43. The van der Waals surface area contributed by atoms with Gasteiger partial charge >= 0.3 is 6.18 Å². The fourth-order valence-corrected chi connectivity index (χ4v) is 3.61. The maximum atomic E-state index is 12.7. The molecule has 0 saturated carbocycles. The Kier molecular flexibility index (Phi) is 11.7. The molecule has 1 saturated heterocycles. The molecule has 31 heavy (non-hydrogen) atoms. The van der Waals surface area contributed by atoms with Gasteiger partial charge in [-0.05, 0) is 37.9 Å². The van der Waals surface area contributed by atoms with Crippen LogP contribution in [-0.2, 0) is 0 Å². The molecule has 1 aromatic carbocycles. The summed E-state index contributed by atoms with van der Waals surface area (Å²) < 4.78 is 49.2. The van der Waals surface area contributed by atoms with Crippen molar-refractivity contribution in [3.63, 3.8) is 0 Å². The summed E-state index contributed by atoms with van der Waals surface area (Å²) in [6.07, 6.45) is -3.41. The van der Waals surface area contributed by atoms with Crippen LogP contribution >= 0.6 is 24.0 Å². The minimum Gasteiger partial charge on any atom is -0.497 e. The molecule has 1 heterocycles. The van der Waals surface area contributed by atoms with Crippen molar-refractivity contribution >= 4 is 29.9 Å². The second kappa shape index (κ2) is 13.2. The number of methoxy groups -OCH3 is 1. The Morgan fingerprint density at radius 1 is 1.35 bits per heavy atom. The number of likely N-dealkylation sites (tertiary alicyclic amines) is 1. The average molecular weight is 558 g/mol. The lowest BCUT2D eigenvalue weighted by molar-refractivity contribution is -0.146. The van der Waals surface area contributed by atoms with E-state index in [1.54, 1.807) is 21.1 Å². The Bertz CT molecular complexity index is 691. The molecule has 2 rings (SSSR count). The summed E-state index contributed by atoms with van der Waals surface area (Å²) in [5, 5.41) is 3.31. The first-order chi connectivity index (χ1) is 14.2. The average Bonchev–Trinajstić information content (AvgIpc) is 3.15. The van der Waals surface area contributed by atoms with E-state index in [4.69, 9.17) is 9.47 Å². The normalized spacial score (nSPS) is 18.0. The van der Waals surface area contributed by atoms with Crippen LogP contribution in [0.4, 0.5) is 13.2 Å². The van der Waals surface area contributed by atoms with Crippen LogP contribution in [0.2, 0.25) is 0 Å². The van der Waals surface area contributed by atoms with Crippen LogP contribution in [0, 0.1) is 5.92 Å². The predicted octanol–water partition coefficient (Wildman–Crippen LogP) is 3.86. The number of rotatable bonds is 9. The van der Waals surface area contributed by atoms with E-state index in [2.05, 4.69) is 15.2 Å². The maximum Gasteiger partial charge on any atom is 0.401 e. The predicted molar refractivity (Wildman–Crippen MR) is 128 cm³/mol. The van der Waals surface area contributed by atoms with Gasteiger partial charge < -0.3 is 19.7 Å². The monoisotopic (exact) mass is 558 g/mol. The molecule has 2 unspecified atom stereocenters. The Labute approximate surface area is 200 Å². The fraction of sp³-hybridized carbons (Fsp3) is 0.667. The van der Waals surface area contributed by atoms with Crippen molar-refractivity contribution in [2.75, 3.05) is 53.4 Å². The van der Waals surface area contributed by atoms with Crippen LogP contribution in [0.5, 0.6) is 11.5 Å². The van der Waals surface area contributed by atoms with Crippen LogP contribution in [0.3, 0.4) is 0 Å². The topological polar surface area (TPSA) is 49.3 Å². The highest BCUT2D eigenvalue weighted by atomic mass is 127. The van der Waals surface area contributed by atoms with Gasteiger partial charge in [-0.3, -0.25) is 9.89 Å². The standard InChI is InChI=1S/C21H33F3N4O2.HI/c1-5-27(15-21(22,23)24)13-17-9-10-28(14-17)20(25-3)26-12-16(2)30-19-8-6-7-18(11-19)29-4;/h6-8,11,16-17H,5,9-10,12-15H2,1-4H3,(H,25,26);1H. The molecule has 1 fully saturated rings. The smallest absolute Gasteiger partial charge is 0.401 e. The Morgan fingerprint density at radius 3 is 2.68 bits per heavy atom. The highest BCUT2D eigenvalue weighted by Gasteiger charge is 2.33. The number of aliphatic imine (C=N–C) groups is 1. The van der Waals surface area contributed by atoms with Crippen LogP contribution in [0.15, 0.2) is 29.3 Å². The second-order valence-corrected chi connectivity index (χ2v) is 7.58. The van der Waals surface area contributed by atoms with E-state index < -0.39 is 12.7 Å². The highest BCUT2D eigenvalue weighted by molar-refractivity contribution is 14.0. The Balaban J connectivity index is 0.00000480. The van der Waals surface area contributed by atoms with Gasteiger partial charge in [0.15, 0.2) is 5.96 Å². The molecule has 0 aromatic heterocycles. The molecule has 0 amide bonds. The van der Waals surface area contributed by atoms with Crippen molar-refractivity contribution in [1.29, 1.82) is 0 Å². The van der Waals surface area contributed by atoms with Gasteiger partial charge in [-0.2, -0.15) is 13.2 Å². The van der Waals surface area contributed by atoms with Gasteiger partial charge in [-0.25, -0.2) is 0 Å². The number of nitrogens with zero attached hydrogens (tertiary/aromatic N) is 3. The first-order valence-electron chi connectivity index (χ1n) is 10.3. The molecule has 1 aromatic rings. The number of hydrogen-bond donors (Lipinski definition) is 1. The van der Waals surface area contributed by atoms with Crippen molar-refractivity contribution in [2.24, 2.45) is 10.9 Å². The quantitative estimate of drug-likeness (QED) is 0.284. The number of halogens is 4. The molecule has 10 heteroatoms. The molecule has 0 aliphatic carbocycles. The number of hydrogen-bond acceptors (Lipinski definition) is 4. The summed E-state index contributed by atoms with van der Waals surface area (Å²) in [6.45, 7) is 5.73. The van der Waals surface area contributed by atoms with Crippen molar-refractivity contribution in [3.8, 4) is 11.5 Å². The molecule has 178 valence electrons. The van der Waals surface area contributed by atoms with E-state index in [-0.39, 0.29) is 36.0 Å².